The first-order chi connectivity index (χ1) is 8.43. The predicted molar refractivity (Wildman–Crippen MR) is 75.7 cm³/mol. The molecule has 3 rings (SSSR count). The summed E-state index contributed by atoms with van der Waals surface area (Å²) in [6, 6.07) is 1.86. The van der Waals surface area contributed by atoms with Gasteiger partial charge in [-0.05, 0) is 63.3 Å². The van der Waals surface area contributed by atoms with E-state index in [9.17, 15) is 0 Å². The minimum atomic E-state index is 0.906. The fourth-order valence-electron chi connectivity index (χ4n) is 3.37. The molecule has 2 aliphatic heterocycles. The van der Waals surface area contributed by atoms with E-state index in [4.69, 9.17) is 0 Å². The molecule has 3 aliphatic rings. The molecule has 1 aliphatic carbocycles. The van der Waals surface area contributed by atoms with Crippen molar-refractivity contribution in [3.63, 3.8) is 0 Å². The van der Waals surface area contributed by atoms with E-state index >= 15 is 0 Å². The van der Waals surface area contributed by atoms with Crippen LogP contribution in [0.25, 0.3) is 0 Å². The molecule has 17 heavy (non-hydrogen) atoms. The van der Waals surface area contributed by atoms with E-state index in [2.05, 4.69) is 22.0 Å². The molecule has 2 saturated heterocycles. The molecule has 98 valence electrons. The molecule has 3 heteroatoms. The van der Waals surface area contributed by atoms with Crippen LogP contribution in [-0.4, -0.2) is 48.1 Å². The molecular formula is C14H26N2S. The Bertz CT molecular complexity index is 230. The van der Waals surface area contributed by atoms with Gasteiger partial charge in [-0.3, -0.25) is 4.90 Å². The highest BCUT2D eigenvalue weighted by atomic mass is 32.2. The van der Waals surface area contributed by atoms with Crippen LogP contribution < -0.4 is 5.32 Å². The van der Waals surface area contributed by atoms with Crippen LogP contribution in [0, 0.1) is 5.92 Å². The van der Waals surface area contributed by atoms with Gasteiger partial charge in [-0.1, -0.05) is 0 Å². The SMILES string of the molecule is C1CNCC(CN(C2CC2)C2CCCSC2)C1. The summed E-state index contributed by atoms with van der Waals surface area (Å²) in [5.74, 6) is 3.73. The largest absolute Gasteiger partial charge is 0.316 e. The third kappa shape index (κ3) is 3.39. The summed E-state index contributed by atoms with van der Waals surface area (Å²) in [5.41, 5.74) is 0. The molecule has 0 spiro atoms. The summed E-state index contributed by atoms with van der Waals surface area (Å²) >= 11 is 2.18. The van der Waals surface area contributed by atoms with E-state index < -0.39 is 0 Å². The van der Waals surface area contributed by atoms with Crippen LogP contribution in [0.3, 0.4) is 0 Å². The molecule has 2 nitrogen and oxygen atoms in total. The standard InChI is InChI=1S/C14H26N2S/c1-3-12(9-15-7-1)10-16(13-5-6-13)14-4-2-8-17-11-14/h12-15H,1-11H2. The molecular weight excluding hydrogens is 228 g/mol. The highest BCUT2D eigenvalue weighted by Crippen LogP contribution is 2.34. The van der Waals surface area contributed by atoms with Gasteiger partial charge in [0, 0.05) is 24.4 Å². The maximum absolute atomic E-state index is 3.57. The molecule has 0 aromatic carbocycles. The monoisotopic (exact) mass is 254 g/mol. The molecule has 0 radical (unpaired) electrons. The zero-order valence-electron chi connectivity index (χ0n) is 10.9. The van der Waals surface area contributed by atoms with Gasteiger partial charge in [0.1, 0.15) is 0 Å². The Morgan fingerprint density at radius 2 is 2.00 bits per heavy atom. The van der Waals surface area contributed by atoms with Gasteiger partial charge < -0.3 is 5.32 Å². The summed E-state index contributed by atoms with van der Waals surface area (Å²) in [6.07, 6.45) is 8.70. The van der Waals surface area contributed by atoms with Gasteiger partial charge in [-0.2, -0.15) is 11.8 Å². The maximum Gasteiger partial charge on any atom is 0.0189 e. The molecule has 0 aromatic heterocycles. The minimum absolute atomic E-state index is 0.906. The van der Waals surface area contributed by atoms with Gasteiger partial charge in [0.05, 0.1) is 0 Å². The lowest BCUT2D eigenvalue weighted by Crippen LogP contribution is -2.46. The molecule has 3 fully saturated rings. The van der Waals surface area contributed by atoms with Crippen molar-refractivity contribution in [3.8, 4) is 0 Å². The van der Waals surface area contributed by atoms with Crippen LogP contribution in [-0.2, 0) is 0 Å². The lowest BCUT2D eigenvalue weighted by molar-refractivity contribution is 0.148. The number of nitrogens with zero attached hydrogens (tertiary/aromatic N) is 1. The minimum Gasteiger partial charge on any atom is -0.316 e. The van der Waals surface area contributed by atoms with E-state index in [1.807, 2.05) is 0 Å². The van der Waals surface area contributed by atoms with E-state index in [1.54, 1.807) is 0 Å². The molecule has 2 heterocycles. The Labute approximate surface area is 110 Å². The van der Waals surface area contributed by atoms with Crippen LogP contribution in [0.15, 0.2) is 0 Å². The highest BCUT2D eigenvalue weighted by molar-refractivity contribution is 7.99. The Balaban J connectivity index is 1.55. The predicted octanol–water partition coefficient (Wildman–Crippen LogP) is 2.35. The van der Waals surface area contributed by atoms with Crippen LogP contribution in [0.2, 0.25) is 0 Å². The number of hydrogen-bond acceptors (Lipinski definition) is 3. The molecule has 0 bridgehead atoms. The van der Waals surface area contributed by atoms with Gasteiger partial charge in [-0.25, -0.2) is 0 Å². The lowest BCUT2D eigenvalue weighted by Gasteiger charge is -2.37. The molecule has 1 N–H and O–H groups in total. The second-order valence-corrected chi connectivity index (χ2v) is 7.16. The van der Waals surface area contributed by atoms with Gasteiger partial charge in [0.25, 0.3) is 0 Å². The maximum atomic E-state index is 3.57. The third-order valence-corrected chi connectivity index (χ3v) is 5.69. The van der Waals surface area contributed by atoms with E-state index in [1.165, 1.54) is 69.7 Å². The Kier molecular flexibility index (Phi) is 4.30. The van der Waals surface area contributed by atoms with Crippen molar-refractivity contribution in [3.05, 3.63) is 0 Å². The molecule has 1 saturated carbocycles. The summed E-state index contributed by atoms with van der Waals surface area (Å²) in [6.45, 7) is 3.89. The fourth-order valence-corrected chi connectivity index (χ4v) is 4.53. The van der Waals surface area contributed by atoms with E-state index in [0.29, 0.717) is 0 Å². The zero-order chi connectivity index (χ0) is 11.5. The van der Waals surface area contributed by atoms with Gasteiger partial charge >= 0.3 is 0 Å². The van der Waals surface area contributed by atoms with Crippen LogP contribution >= 0.6 is 11.8 Å². The number of rotatable bonds is 4. The van der Waals surface area contributed by atoms with Crippen molar-refractivity contribution in [1.82, 2.24) is 10.2 Å². The lowest BCUT2D eigenvalue weighted by atomic mass is 9.97. The van der Waals surface area contributed by atoms with Crippen LogP contribution in [0.5, 0.6) is 0 Å². The van der Waals surface area contributed by atoms with E-state index in [0.717, 1.165) is 18.0 Å². The molecule has 2 unspecified atom stereocenters. The van der Waals surface area contributed by atoms with Crippen molar-refractivity contribution in [1.29, 1.82) is 0 Å². The number of thioether (sulfide) groups is 1. The topological polar surface area (TPSA) is 15.3 Å². The fraction of sp³-hybridized carbons (Fsp3) is 1.00. The molecule has 2 atom stereocenters. The summed E-state index contributed by atoms with van der Waals surface area (Å²) in [5, 5.41) is 3.57. The Hall–Kier alpha value is 0.270. The molecule has 0 amide bonds. The van der Waals surface area contributed by atoms with Gasteiger partial charge in [0.2, 0.25) is 0 Å². The van der Waals surface area contributed by atoms with Crippen molar-refractivity contribution in [2.75, 3.05) is 31.1 Å². The first kappa shape index (κ1) is 12.3. The normalized spacial score (nSPS) is 35.1. The van der Waals surface area contributed by atoms with Crippen LogP contribution in [0.4, 0.5) is 0 Å². The second-order valence-electron chi connectivity index (χ2n) is 6.01. The zero-order valence-corrected chi connectivity index (χ0v) is 11.7. The highest BCUT2D eigenvalue weighted by Gasteiger charge is 2.35. The quantitative estimate of drug-likeness (QED) is 0.829. The summed E-state index contributed by atoms with van der Waals surface area (Å²) in [4.78, 5) is 2.89. The first-order valence-electron chi connectivity index (χ1n) is 7.47. The first-order valence-corrected chi connectivity index (χ1v) is 8.63. The van der Waals surface area contributed by atoms with Gasteiger partial charge in [-0.15, -0.1) is 0 Å². The Morgan fingerprint density at radius 1 is 1.06 bits per heavy atom. The van der Waals surface area contributed by atoms with E-state index in [-0.39, 0.29) is 0 Å². The van der Waals surface area contributed by atoms with Gasteiger partial charge in [0.15, 0.2) is 0 Å². The van der Waals surface area contributed by atoms with Crippen LogP contribution in [0.1, 0.15) is 38.5 Å². The van der Waals surface area contributed by atoms with Crippen molar-refractivity contribution in [2.45, 2.75) is 50.6 Å². The average Bonchev–Trinajstić information content (AvgIpc) is 3.23. The third-order valence-electron chi connectivity index (χ3n) is 4.49. The van der Waals surface area contributed by atoms with Crippen molar-refractivity contribution in [2.24, 2.45) is 5.92 Å². The summed E-state index contributed by atoms with van der Waals surface area (Å²) in [7, 11) is 0. The summed E-state index contributed by atoms with van der Waals surface area (Å²) < 4.78 is 0. The van der Waals surface area contributed by atoms with Crippen molar-refractivity contribution >= 4 is 11.8 Å². The Morgan fingerprint density at radius 3 is 2.65 bits per heavy atom. The second kappa shape index (κ2) is 5.94. The number of piperidine rings is 1. The number of nitrogens with one attached hydrogen (secondary N) is 1. The smallest absolute Gasteiger partial charge is 0.0189 e. The number of hydrogen-bond donors (Lipinski definition) is 1. The average molecular weight is 254 g/mol. The van der Waals surface area contributed by atoms with Crippen molar-refractivity contribution < 1.29 is 0 Å². The molecule has 0 aromatic rings.